The molecule has 0 aromatic heterocycles. The third-order valence-corrected chi connectivity index (χ3v) is 3.93. The number of nitrogens with one attached hydrogen (secondary N) is 1. The number of fused-ring (bicyclic) bond motifs is 1. The fourth-order valence-electron chi connectivity index (χ4n) is 2.63. The Labute approximate surface area is 114 Å². The first kappa shape index (κ1) is 12.8. The van der Waals surface area contributed by atoms with Gasteiger partial charge in [-0.2, -0.15) is 0 Å². The number of benzene rings is 1. The largest absolute Gasteiger partial charge is 0.497 e. The van der Waals surface area contributed by atoms with E-state index in [1.165, 1.54) is 5.56 Å². The molecule has 2 aliphatic heterocycles. The molecule has 0 spiro atoms. The molecule has 4 nitrogen and oxygen atoms in total. The van der Waals surface area contributed by atoms with Crippen molar-refractivity contribution >= 4 is 0 Å². The molecule has 0 aliphatic carbocycles. The summed E-state index contributed by atoms with van der Waals surface area (Å²) in [4.78, 5) is 0. The third-order valence-electron chi connectivity index (χ3n) is 3.93. The van der Waals surface area contributed by atoms with E-state index in [2.05, 4.69) is 18.3 Å². The molecule has 1 fully saturated rings. The highest BCUT2D eigenvalue weighted by Crippen LogP contribution is 2.35. The van der Waals surface area contributed by atoms with Gasteiger partial charge in [-0.05, 0) is 18.2 Å². The van der Waals surface area contributed by atoms with Crippen molar-refractivity contribution in [1.29, 1.82) is 0 Å². The van der Waals surface area contributed by atoms with Gasteiger partial charge in [-0.1, -0.05) is 6.92 Å². The highest BCUT2D eigenvalue weighted by atomic mass is 16.5. The second-order valence-corrected chi connectivity index (χ2v) is 5.78. The van der Waals surface area contributed by atoms with Gasteiger partial charge < -0.3 is 19.5 Å². The minimum atomic E-state index is 0.289. The topological polar surface area (TPSA) is 39.7 Å². The fraction of sp³-hybridized carbons (Fsp3) is 0.600. The Bertz CT molecular complexity index is 457. The Hall–Kier alpha value is -1.26. The van der Waals surface area contributed by atoms with Crippen LogP contribution in [-0.2, 0) is 4.74 Å². The van der Waals surface area contributed by atoms with Crippen LogP contribution >= 0.6 is 0 Å². The van der Waals surface area contributed by atoms with E-state index in [0.717, 1.165) is 44.3 Å². The molecule has 3 rings (SSSR count). The zero-order valence-electron chi connectivity index (χ0n) is 11.6. The van der Waals surface area contributed by atoms with E-state index in [0.29, 0.717) is 6.04 Å². The predicted molar refractivity (Wildman–Crippen MR) is 72.8 cm³/mol. The van der Waals surface area contributed by atoms with Gasteiger partial charge in [0.15, 0.2) is 0 Å². The normalized spacial score (nSPS) is 24.0. The Morgan fingerprint density at radius 1 is 1.42 bits per heavy atom. The van der Waals surface area contributed by atoms with Gasteiger partial charge in [0.2, 0.25) is 0 Å². The van der Waals surface area contributed by atoms with Crippen LogP contribution in [0.2, 0.25) is 0 Å². The second-order valence-electron chi connectivity index (χ2n) is 5.78. The summed E-state index contributed by atoms with van der Waals surface area (Å²) in [6, 6.07) is 6.36. The van der Waals surface area contributed by atoms with E-state index in [-0.39, 0.29) is 5.41 Å². The fourth-order valence-corrected chi connectivity index (χ4v) is 2.63. The molecule has 1 aromatic rings. The van der Waals surface area contributed by atoms with Crippen molar-refractivity contribution in [2.45, 2.75) is 19.4 Å². The van der Waals surface area contributed by atoms with E-state index >= 15 is 0 Å². The first-order chi connectivity index (χ1) is 9.20. The average molecular weight is 263 g/mol. The lowest BCUT2D eigenvalue weighted by Gasteiger charge is -2.40. The smallest absolute Gasteiger partial charge is 0.124 e. The van der Waals surface area contributed by atoms with Gasteiger partial charge in [-0.15, -0.1) is 0 Å². The number of rotatable bonds is 4. The molecular weight excluding hydrogens is 242 g/mol. The monoisotopic (exact) mass is 263 g/mol. The van der Waals surface area contributed by atoms with Crippen LogP contribution in [0.15, 0.2) is 18.2 Å². The minimum absolute atomic E-state index is 0.289. The van der Waals surface area contributed by atoms with Crippen molar-refractivity contribution in [1.82, 2.24) is 5.32 Å². The zero-order chi connectivity index (χ0) is 13.3. The Morgan fingerprint density at radius 2 is 2.26 bits per heavy atom. The van der Waals surface area contributed by atoms with E-state index in [1.807, 2.05) is 12.1 Å². The highest BCUT2D eigenvalue weighted by Gasteiger charge is 2.34. The first-order valence-electron chi connectivity index (χ1n) is 6.82. The Kier molecular flexibility index (Phi) is 3.37. The molecule has 0 bridgehead atoms. The van der Waals surface area contributed by atoms with Gasteiger partial charge in [-0.25, -0.2) is 0 Å². The van der Waals surface area contributed by atoms with Gasteiger partial charge in [0.1, 0.15) is 11.5 Å². The zero-order valence-corrected chi connectivity index (χ0v) is 11.6. The SMILES string of the molecule is COc1ccc2c(c1)C(NCC1(C)COC1)CCO2. The van der Waals surface area contributed by atoms with Crippen LogP contribution < -0.4 is 14.8 Å². The lowest BCUT2D eigenvalue weighted by atomic mass is 9.88. The van der Waals surface area contributed by atoms with E-state index in [9.17, 15) is 0 Å². The lowest BCUT2D eigenvalue weighted by molar-refractivity contribution is -0.100. The van der Waals surface area contributed by atoms with Crippen LogP contribution in [-0.4, -0.2) is 33.5 Å². The van der Waals surface area contributed by atoms with E-state index < -0.39 is 0 Å². The van der Waals surface area contributed by atoms with Gasteiger partial charge in [0.05, 0.1) is 26.9 Å². The van der Waals surface area contributed by atoms with Gasteiger partial charge in [0, 0.05) is 30.0 Å². The van der Waals surface area contributed by atoms with Crippen LogP contribution in [0, 0.1) is 5.41 Å². The van der Waals surface area contributed by atoms with Crippen molar-refractivity contribution in [2.75, 3.05) is 33.5 Å². The van der Waals surface area contributed by atoms with Crippen LogP contribution in [0.5, 0.6) is 11.5 Å². The van der Waals surface area contributed by atoms with E-state index in [4.69, 9.17) is 14.2 Å². The molecule has 19 heavy (non-hydrogen) atoms. The molecule has 2 aliphatic rings. The maximum atomic E-state index is 5.71. The van der Waals surface area contributed by atoms with Crippen molar-refractivity contribution in [3.05, 3.63) is 23.8 Å². The lowest BCUT2D eigenvalue weighted by Crippen LogP contribution is -2.48. The number of methoxy groups -OCH3 is 1. The molecule has 0 radical (unpaired) electrons. The molecule has 1 N–H and O–H groups in total. The molecule has 2 heterocycles. The maximum Gasteiger partial charge on any atom is 0.124 e. The number of ether oxygens (including phenoxy) is 3. The molecule has 0 amide bonds. The summed E-state index contributed by atoms with van der Waals surface area (Å²) >= 11 is 0. The second kappa shape index (κ2) is 5.02. The van der Waals surface area contributed by atoms with Crippen LogP contribution in [0.1, 0.15) is 24.9 Å². The van der Waals surface area contributed by atoms with Crippen LogP contribution in [0.4, 0.5) is 0 Å². The molecule has 1 unspecified atom stereocenters. The molecule has 0 saturated carbocycles. The highest BCUT2D eigenvalue weighted by molar-refractivity contribution is 5.43. The minimum Gasteiger partial charge on any atom is -0.497 e. The summed E-state index contributed by atoms with van der Waals surface area (Å²) in [7, 11) is 1.70. The maximum absolute atomic E-state index is 5.71. The summed E-state index contributed by atoms with van der Waals surface area (Å²) < 4.78 is 16.3. The third kappa shape index (κ3) is 2.55. The standard InChI is InChI=1S/C15H21NO3/c1-15(9-18-10-15)8-16-13-5-6-19-14-4-3-11(17-2)7-12(13)14/h3-4,7,13,16H,5-6,8-10H2,1-2H3. The molecule has 1 atom stereocenters. The van der Waals surface area contributed by atoms with Crippen LogP contribution in [0.25, 0.3) is 0 Å². The molecular formula is C15H21NO3. The van der Waals surface area contributed by atoms with Crippen molar-refractivity contribution in [3.8, 4) is 11.5 Å². The van der Waals surface area contributed by atoms with Crippen molar-refractivity contribution < 1.29 is 14.2 Å². The summed E-state index contributed by atoms with van der Waals surface area (Å²) in [5.74, 6) is 1.86. The summed E-state index contributed by atoms with van der Waals surface area (Å²) in [6.45, 7) is 5.72. The van der Waals surface area contributed by atoms with Crippen molar-refractivity contribution in [3.63, 3.8) is 0 Å². The van der Waals surface area contributed by atoms with E-state index in [1.54, 1.807) is 7.11 Å². The molecule has 104 valence electrons. The Balaban J connectivity index is 1.73. The van der Waals surface area contributed by atoms with Gasteiger partial charge in [0.25, 0.3) is 0 Å². The van der Waals surface area contributed by atoms with Crippen molar-refractivity contribution in [2.24, 2.45) is 5.41 Å². The molecule has 4 heteroatoms. The molecule has 1 aromatic carbocycles. The van der Waals surface area contributed by atoms with Crippen LogP contribution in [0.3, 0.4) is 0 Å². The van der Waals surface area contributed by atoms with Gasteiger partial charge in [-0.3, -0.25) is 0 Å². The molecule has 1 saturated heterocycles. The number of hydrogen-bond acceptors (Lipinski definition) is 4. The van der Waals surface area contributed by atoms with Gasteiger partial charge >= 0.3 is 0 Å². The first-order valence-corrected chi connectivity index (χ1v) is 6.82. The number of hydrogen-bond donors (Lipinski definition) is 1. The average Bonchev–Trinajstić information content (AvgIpc) is 2.42. The quantitative estimate of drug-likeness (QED) is 0.903. The Morgan fingerprint density at radius 3 is 2.95 bits per heavy atom. The predicted octanol–water partition coefficient (Wildman–Crippen LogP) is 2.14. The summed E-state index contributed by atoms with van der Waals surface area (Å²) in [6.07, 6.45) is 0.997. The summed E-state index contributed by atoms with van der Waals surface area (Å²) in [5.41, 5.74) is 1.49. The summed E-state index contributed by atoms with van der Waals surface area (Å²) in [5, 5.41) is 3.66.